The van der Waals surface area contributed by atoms with E-state index in [1.165, 1.54) is 51.1 Å². The van der Waals surface area contributed by atoms with Crippen LogP contribution in [0.2, 0.25) is 0 Å². The minimum atomic E-state index is -0.966. The molecular weight excluding hydrogens is 412 g/mol. The van der Waals surface area contributed by atoms with Gasteiger partial charge in [0.1, 0.15) is 5.82 Å². The minimum absolute atomic E-state index is 0.215. The predicted molar refractivity (Wildman–Crippen MR) is 129 cm³/mol. The Hall–Kier alpha value is -3.02. The number of aromatic carboxylic acids is 1. The van der Waals surface area contributed by atoms with Crippen LogP contribution in [0.15, 0.2) is 42.7 Å². The molecule has 1 N–H and O–H groups in total. The molecule has 1 saturated carbocycles. The van der Waals surface area contributed by atoms with Crippen molar-refractivity contribution in [2.75, 3.05) is 0 Å². The molecule has 0 amide bonds. The van der Waals surface area contributed by atoms with Crippen LogP contribution >= 0.6 is 0 Å². The van der Waals surface area contributed by atoms with Gasteiger partial charge in [-0.1, -0.05) is 76.1 Å². The maximum Gasteiger partial charge on any atom is 0.337 e. The summed E-state index contributed by atoms with van der Waals surface area (Å²) in [6, 6.07) is 9.82. The van der Waals surface area contributed by atoms with E-state index in [0.717, 1.165) is 48.0 Å². The first-order valence-corrected chi connectivity index (χ1v) is 12.3. The lowest BCUT2D eigenvalue weighted by Crippen LogP contribution is -2.11. The van der Waals surface area contributed by atoms with Crippen molar-refractivity contribution in [2.45, 2.75) is 77.7 Å². The molecule has 1 aliphatic rings. The lowest BCUT2D eigenvalue weighted by Gasteiger charge is -2.19. The van der Waals surface area contributed by atoms with E-state index in [4.69, 9.17) is 10.1 Å². The molecular formula is C27H34N4O2. The highest BCUT2D eigenvalue weighted by Crippen LogP contribution is 2.27. The second-order valence-electron chi connectivity index (χ2n) is 9.19. The van der Waals surface area contributed by atoms with Crippen molar-refractivity contribution in [3.8, 4) is 11.1 Å². The van der Waals surface area contributed by atoms with Crippen molar-refractivity contribution in [3.63, 3.8) is 0 Å². The minimum Gasteiger partial charge on any atom is -0.478 e. The number of rotatable bonds is 10. The molecule has 2 heterocycles. The summed E-state index contributed by atoms with van der Waals surface area (Å²) in [6.45, 7) is 2.90. The molecule has 0 radical (unpaired) electrons. The van der Waals surface area contributed by atoms with Gasteiger partial charge < -0.3 is 5.11 Å². The fraction of sp³-hybridized carbons (Fsp3) is 0.481. The Morgan fingerprint density at radius 3 is 2.61 bits per heavy atom. The molecule has 0 unspecified atom stereocenters. The Balaban J connectivity index is 1.51. The van der Waals surface area contributed by atoms with Crippen LogP contribution < -0.4 is 0 Å². The number of carboxylic acids is 1. The van der Waals surface area contributed by atoms with Crippen LogP contribution in [0, 0.1) is 5.92 Å². The Morgan fingerprint density at radius 1 is 1.09 bits per heavy atom. The van der Waals surface area contributed by atoms with E-state index in [9.17, 15) is 9.90 Å². The van der Waals surface area contributed by atoms with Gasteiger partial charge in [-0.15, -0.1) is 0 Å². The third-order valence-corrected chi connectivity index (χ3v) is 6.64. The van der Waals surface area contributed by atoms with Crippen molar-refractivity contribution in [3.05, 3.63) is 65.5 Å². The van der Waals surface area contributed by atoms with Gasteiger partial charge in [-0.05, 0) is 35.1 Å². The SMILES string of the molecule is CCCCCc1nc(CC2CCCCC2)nn1Cc1ccc(-c2ccncc2C(=O)O)cc1. The number of carbonyl (C=O) groups is 1. The Kier molecular flexibility index (Phi) is 7.87. The predicted octanol–water partition coefficient (Wildman–Crippen LogP) is 5.94. The van der Waals surface area contributed by atoms with Gasteiger partial charge in [0.05, 0.1) is 12.1 Å². The Morgan fingerprint density at radius 2 is 1.88 bits per heavy atom. The molecule has 0 aliphatic heterocycles. The number of benzene rings is 1. The second-order valence-corrected chi connectivity index (χ2v) is 9.19. The van der Waals surface area contributed by atoms with Gasteiger partial charge in [0.25, 0.3) is 0 Å². The van der Waals surface area contributed by atoms with Crippen LogP contribution in [-0.2, 0) is 19.4 Å². The number of hydrogen-bond acceptors (Lipinski definition) is 4. The third kappa shape index (κ3) is 6.06. The number of hydrogen-bond donors (Lipinski definition) is 1. The normalized spacial score (nSPS) is 14.5. The lowest BCUT2D eigenvalue weighted by atomic mass is 9.87. The van der Waals surface area contributed by atoms with Crippen LogP contribution in [0.4, 0.5) is 0 Å². The van der Waals surface area contributed by atoms with E-state index in [0.29, 0.717) is 12.1 Å². The number of carboxylic acid groups (broad SMARTS) is 1. The first kappa shape index (κ1) is 23.1. The highest BCUT2D eigenvalue weighted by Gasteiger charge is 2.18. The van der Waals surface area contributed by atoms with Gasteiger partial charge >= 0.3 is 5.97 Å². The van der Waals surface area contributed by atoms with E-state index in [1.807, 2.05) is 12.1 Å². The molecule has 1 aliphatic carbocycles. The molecule has 4 rings (SSSR count). The van der Waals surface area contributed by atoms with Crippen molar-refractivity contribution in [2.24, 2.45) is 5.92 Å². The fourth-order valence-electron chi connectivity index (χ4n) is 4.79. The average Bonchev–Trinajstić information content (AvgIpc) is 3.21. The summed E-state index contributed by atoms with van der Waals surface area (Å²) in [6.07, 6.45) is 15.2. The monoisotopic (exact) mass is 446 g/mol. The van der Waals surface area contributed by atoms with Crippen molar-refractivity contribution in [1.29, 1.82) is 0 Å². The van der Waals surface area contributed by atoms with Crippen LogP contribution in [0.1, 0.15) is 85.9 Å². The van der Waals surface area contributed by atoms with Crippen molar-refractivity contribution in [1.82, 2.24) is 19.7 Å². The standard InChI is InChI=1S/C27H34N4O2/c1-2-3-5-10-26-29-25(17-20-8-6-4-7-9-20)30-31(26)19-21-11-13-22(14-12-21)23-15-16-28-18-24(23)27(32)33/h11-16,18,20H,2-10,17,19H2,1H3,(H,32,33). The number of pyridine rings is 1. The summed E-state index contributed by atoms with van der Waals surface area (Å²) in [5, 5.41) is 14.4. The van der Waals surface area contributed by atoms with Gasteiger partial charge in [0, 0.05) is 25.2 Å². The number of nitrogens with zero attached hydrogens (tertiary/aromatic N) is 4. The Bertz CT molecular complexity index is 1050. The zero-order chi connectivity index (χ0) is 23.0. The maximum absolute atomic E-state index is 11.5. The number of unbranched alkanes of at least 4 members (excludes halogenated alkanes) is 2. The van der Waals surface area contributed by atoms with Crippen molar-refractivity contribution < 1.29 is 9.90 Å². The summed E-state index contributed by atoms with van der Waals surface area (Å²) in [5.41, 5.74) is 2.90. The first-order chi connectivity index (χ1) is 16.1. The molecule has 2 aromatic heterocycles. The molecule has 6 heteroatoms. The zero-order valence-corrected chi connectivity index (χ0v) is 19.5. The summed E-state index contributed by atoms with van der Waals surface area (Å²) in [4.78, 5) is 20.4. The third-order valence-electron chi connectivity index (χ3n) is 6.64. The van der Waals surface area contributed by atoms with E-state index in [-0.39, 0.29) is 5.56 Å². The van der Waals surface area contributed by atoms with Gasteiger partial charge in [0.15, 0.2) is 5.82 Å². The number of aromatic nitrogens is 4. The molecule has 1 fully saturated rings. The smallest absolute Gasteiger partial charge is 0.337 e. The summed E-state index contributed by atoms with van der Waals surface area (Å²) >= 11 is 0. The molecule has 3 aromatic rings. The quantitative estimate of drug-likeness (QED) is 0.390. The highest BCUT2D eigenvalue weighted by atomic mass is 16.4. The molecule has 6 nitrogen and oxygen atoms in total. The zero-order valence-electron chi connectivity index (χ0n) is 19.5. The van der Waals surface area contributed by atoms with Gasteiger partial charge in [-0.25, -0.2) is 14.5 Å². The van der Waals surface area contributed by atoms with E-state index >= 15 is 0 Å². The van der Waals surface area contributed by atoms with Gasteiger partial charge in [0.2, 0.25) is 0 Å². The molecule has 33 heavy (non-hydrogen) atoms. The van der Waals surface area contributed by atoms with Crippen molar-refractivity contribution >= 4 is 5.97 Å². The molecule has 174 valence electrons. The molecule has 0 saturated heterocycles. The Labute approximate surface area is 196 Å². The molecule has 1 aromatic carbocycles. The van der Waals surface area contributed by atoms with Crippen LogP contribution in [-0.4, -0.2) is 30.8 Å². The summed E-state index contributed by atoms with van der Waals surface area (Å²) in [5.74, 6) is 1.83. The summed E-state index contributed by atoms with van der Waals surface area (Å²) in [7, 11) is 0. The van der Waals surface area contributed by atoms with E-state index in [2.05, 4.69) is 28.7 Å². The summed E-state index contributed by atoms with van der Waals surface area (Å²) < 4.78 is 2.08. The molecule has 0 bridgehead atoms. The maximum atomic E-state index is 11.5. The van der Waals surface area contributed by atoms with Crippen LogP contribution in [0.25, 0.3) is 11.1 Å². The van der Waals surface area contributed by atoms with Crippen LogP contribution in [0.5, 0.6) is 0 Å². The van der Waals surface area contributed by atoms with Gasteiger partial charge in [-0.3, -0.25) is 4.98 Å². The highest BCUT2D eigenvalue weighted by molar-refractivity contribution is 5.95. The average molecular weight is 447 g/mol. The number of aryl methyl sites for hydroxylation is 1. The van der Waals surface area contributed by atoms with E-state index < -0.39 is 5.97 Å². The first-order valence-electron chi connectivity index (χ1n) is 12.3. The van der Waals surface area contributed by atoms with Gasteiger partial charge in [-0.2, -0.15) is 5.10 Å². The second kappa shape index (κ2) is 11.2. The fourth-order valence-corrected chi connectivity index (χ4v) is 4.79. The van der Waals surface area contributed by atoms with Crippen LogP contribution in [0.3, 0.4) is 0 Å². The molecule has 0 spiro atoms. The molecule has 0 atom stereocenters. The topological polar surface area (TPSA) is 80.9 Å². The lowest BCUT2D eigenvalue weighted by molar-refractivity contribution is 0.0697. The van der Waals surface area contributed by atoms with E-state index in [1.54, 1.807) is 12.3 Å². The largest absolute Gasteiger partial charge is 0.478 e.